The van der Waals surface area contributed by atoms with Crippen LogP contribution in [0.4, 0.5) is 0 Å². The van der Waals surface area contributed by atoms with Gasteiger partial charge in [0.25, 0.3) is 0 Å². The molecular formula is C12H18O3. The fourth-order valence-electron chi connectivity index (χ4n) is 2.05. The Bertz CT molecular complexity index is 265. The van der Waals surface area contributed by atoms with Crippen LogP contribution in [0.2, 0.25) is 0 Å². The van der Waals surface area contributed by atoms with Crippen LogP contribution in [0.15, 0.2) is 12.7 Å². The topological polar surface area (TPSA) is 43.4 Å². The first-order valence-electron chi connectivity index (χ1n) is 5.38. The van der Waals surface area contributed by atoms with E-state index in [0.29, 0.717) is 25.9 Å². The number of carbonyl (C=O) groups excluding carboxylic acids is 2. The summed E-state index contributed by atoms with van der Waals surface area (Å²) in [5, 5.41) is 0. The molecule has 0 heterocycles. The molecule has 84 valence electrons. The molecule has 0 saturated heterocycles. The number of hydrogen-bond acceptors (Lipinski definition) is 3. The minimum atomic E-state index is -1.00. The first-order valence-corrected chi connectivity index (χ1v) is 5.38. The summed E-state index contributed by atoms with van der Waals surface area (Å²) in [7, 11) is 0. The Balaban J connectivity index is 2.97. The monoisotopic (exact) mass is 210 g/mol. The molecular weight excluding hydrogens is 192 g/mol. The zero-order chi connectivity index (χ0) is 11.5. The van der Waals surface area contributed by atoms with Crippen molar-refractivity contribution in [1.29, 1.82) is 0 Å². The summed E-state index contributed by atoms with van der Waals surface area (Å²) in [6.45, 7) is 7.64. The van der Waals surface area contributed by atoms with Gasteiger partial charge >= 0.3 is 0 Å². The fourth-order valence-corrected chi connectivity index (χ4v) is 2.05. The number of Topliss-reactive ketones (excluding diaryl/α,β-unsaturated/α-hetero) is 2. The van der Waals surface area contributed by atoms with E-state index in [1.165, 1.54) is 0 Å². The van der Waals surface area contributed by atoms with Crippen molar-refractivity contribution in [2.75, 3.05) is 6.61 Å². The van der Waals surface area contributed by atoms with Crippen LogP contribution in [0, 0.1) is 5.41 Å². The molecule has 3 heteroatoms. The second-order valence-electron chi connectivity index (χ2n) is 4.01. The van der Waals surface area contributed by atoms with Gasteiger partial charge in [-0.05, 0) is 20.3 Å². The Morgan fingerprint density at radius 2 is 2.00 bits per heavy atom. The van der Waals surface area contributed by atoms with Gasteiger partial charge in [-0.1, -0.05) is 6.08 Å². The van der Waals surface area contributed by atoms with E-state index < -0.39 is 11.5 Å². The third kappa shape index (κ3) is 2.02. The molecule has 0 aliphatic heterocycles. The summed E-state index contributed by atoms with van der Waals surface area (Å²) >= 11 is 0. The van der Waals surface area contributed by atoms with Crippen LogP contribution in [0.5, 0.6) is 0 Å². The summed E-state index contributed by atoms with van der Waals surface area (Å²) in [4.78, 5) is 23.7. The van der Waals surface area contributed by atoms with E-state index in [-0.39, 0.29) is 11.6 Å². The molecule has 0 bridgehead atoms. The average Bonchev–Trinajstić information content (AvgIpc) is 2.22. The summed E-state index contributed by atoms with van der Waals surface area (Å²) in [6.07, 6.45) is 2.69. The van der Waals surface area contributed by atoms with Crippen LogP contribution < -0.4 is 0 Å². The highest BCUT2D eigenvalue weighted by Gasteiger charge is 2.48. The van der Waals surface area contributed by atoms with E-state index in [2.05, 4.69) is 6.58 Å². The quantitative estimate of drug-likeness (QED) is 0.526. The molecule has 1 unspecified atom stereocenters. The molecule has 1 rings (SSSR count). The predicted octanol–water partition coefficient (Wildman–Crippen LogP) is 1.91. The van der Waals surface area contributed by atoms with Gasteiger partial charge in [-0.15, -0.1) is 6.58 Å². The van der Waals surface area contributed by atoms with Crippen molar-refractivity contribution in [1.82, 2.24) is 0 Å². The van der Waals surface area contributed by atoms with Crippen molar-refractivity contribution in [3.05, 3.63) is 12.7 Å². The summed E-state index contributed by atoms with van der Waals surface area (Å²) < 4.78 is 5.41. The maximum atomic E-state index is 11.9. The van der Waals surface area contributed by atoms with Gasteiger partial charge in [0.2, 0.25) is 0 Å². The molecule has 0 aromatic heterocycles. The molecule has 0 radical (unpaired) electrons. The number of rotatable bonds is 4. The standard InChI is InChI=1S/C12H18O3/c1-4-11(15-5-2)12(3)9(13)7-6-8-10(12)14/h4,11H,1,5-8H2,2-3H3. The van der Waals surface area contributed by atoms with Gasteiger partial charge in [0.15, 0.2) is 0 Å². The molecule has 15 heavy (non-hydrogen) atoms. The van der Waals surface area contributed by atoms with Crippen molar-refractivity contribution in [3.63, 3.8) is 0 Å². The molecule has 0 amide bonds. The van der Waals surface area contributed by atoms with E-state index in [0.717, 1.165) is 0 Å². The molecule has 0 spiro atoms. The molecule has 1 atom stereocenters. The Morgan fingerprint density at radius 3 is 2.40 bits per heavy atom. The lowest BCUT2D eigenvalue weighted by molar-refractivity contribution is -0.150. The van der Waals surface area contributed by atoms with Crippen molar-refractivity contribution >= 4 is 11.6 Å². The Hall–Kier alpha value is -0.960. The molecule has 1 aliphatic rings. The molecule has 0 aromatic carbocycles. The van der Waals surface area contributed by atoms with E-state index in [1.54, 1.807) is 13.0 Å². The van der Waals surface area contributed by atoms with Crippen LogP contribution in [-0.4, -0.2) is 24.3 Å². The number of hydrogen-bond donors (Lipinski definition) is 0. The number of carbonyl (C=O) groups is 2. The van der Waals surface area contributed by atoms with Crippen LogP contribution in [0.1, 0.15) is 33.1 Å². The van der Waals surface area contributed by atoms with Crippen LogP contribution in [0.25, 0.3) is 0 Å². The molecule has 3 nitrogen and oxygen atoms in total. The average molecular weight is 210 g/mol. The fraction of sp³-hybridized carbons (Fsp3) is 0.667. The largest absolute Gasteiger partial charge is 0.373 e. The zero-order valence-corrected chi connectivity index (χ0v) is 9.41. The lowest BCUT2D eigenvalue weighted by Gasteiger charge is -2.35. The predicted molar refractivity (Wildman–Crippen MR) is 57.6 cm³/mol. The third-order valence-corrected chi connectivity index (χ3v) is 3.10. The lowest BCUT2D eigenvalue weighted by Crippen LogP contribution is -2.49. The van der Waals surface area contributed by atoms with Crippen molar-refractivity contribution < 1.29 is 14.3 Å². The normalized spacial score (nSPS) is 22.5. The maximum absolute atomic E-state index is 11.9. The molecule has 1 saturated carbocycles. The van der Waals surface area contributed by atoms with Gasteiger partial charge in [0.1, 0.15) is 17.0 Å². The van der Waals surface area contributed by atoms with Gasteiger partial charge in [0.05, 0.1) is 6.10 Å². The van der Waals surface area contributed by atoms with Gasteiger partial charge < -0.3 is 4.74 Å². The van der Waals surface area contributed by atoms with Crippen LogP contribution in [-0.2, 0) is 14.3 Å². The van der Waals surface area contributed by atoms with E-state index in [4.69, 9.17) is 4.74 Å². The third-order valence-electron chi connectivity index (χ3n) is 3.10. The molecule has 0 aromatic rings. The smallest absolute Gasteiger partial charge is 0.149 e. The Labute approximate surface area is 90.5 Å². The van der Waals surface area contributed by atoms with Gasteiger partial charge in [0, 0.05) is 19.4 Å². The van der Waals surface area contributed by atoms with E-state index in [1.807, 2.05) is 6.92 Å². The summed E-state index contributed by atoms with van der Waals surface area (Å²) in [6, 6.07) is 0. The second-order valence-corrected chi connectivity index (χ2v) is 4.01. The van der Waals surface area contributed by atoms with E-state index >= 15 is 0 Å². The van der Waals surface area contributed by atoms with Gasteiger partial charge in [-0.25, -0.2) is 0 Å². The van der Waals surface area contributed by atoms with Crippen LogP contribution >= 0.6 is 0 Å². The van der Waals surface area contributed by atoms with Gasteiger partial charge in [-0.3, -0.25) is 9.59 Å². The van der Waals surface area contributed by atoms with Crippen molar-refractivity contribution in [2.45, 2.75) is 39.2 Å². The first-order chi connectivity index (χ1) is 7.07. The Morgan fingerprint density at radius 1 is 1.47 bits per heavy atom. The first kappa shape index (κ1) is 12.1. The highest BCUT2D eigenvalue weighted by molar-refractivity contribution is 6.09. The Kier molecular flexibility index (Phi) is 3.80. The highest BCUT2D eigenvalue weighted by atomic mass is 16.5. The van der Waals surface area contributed by atoms with Crippen molar-refractivity contribution in [2.24, 2.45) is 5.41 Å². The number of ketones is 2. The number of ether oxygens (including phenoxy) is 1. The SMILES string of the molecule is C=CC(OCC)C1(C)C(=O)CCCC1=O. The highest BCUT2D eigenvalue weighted by Crippen LogP contribution is 2.35. The summed E-state index contributed by atoms with van der Waals surface area (Å²) in [5.41, 5.74) is -1.00. The van der Waals surface area contributed by atoms with Crippen molar-refractivity contribution in [3.8, 4) is 0 Å². The molecule has 1 aliphatic carbocycles. The zero-order valence-electron chi connectivity index (χ0n) is 9.41. The van der Waals surface area contributed by atoms with Gasteiger partial charge in [-0.2, -0.15) is 0 Å². The minimum absolute atomic E-state index is 0.0166. The maximum Gasteiger partial charge on any atom is 0.149 e. The molecule has 1 fully saturated rings. The second kappa shape index (κ2) is 4.71. The van der Waals surface area contributed by atoms with Crippen LogP contribution in [0.3, 0.4) is 0 Å². The van der Waals surface area contributed by atoms with E-state index in [9.17, 15) is 9.59 Å². The molecule has 0 N–H and O–H groups in total. The summed E-state index contributed by atoms with van der Waals surface area (Å²) in [5.74, 6) is -0.0331. The lowest BCUT2D eigenvalue weighted by atomic mass is 9.69. The minimum Gasteiger partial charge on any atom is -0.373 e.